The van der Waals surface area contributed by atoms with Crippen molar-refractivity contribution < 1.29 is 13.2 Å². The molecule has 10 heteroatoms. The molecule has 1 heterocycles. The molecule has 0 radical (unpaired) electrons. The number of rotatable bonds is 5. The molecule has 0 atom stereocenters. The highest BCUT2D eigenvalue weighted by atomic mass is 19.4. The van der Waals surface area contributed by atoms with Crippen LogP contribution >= 0.6 is 0 Å². The van der Waals surface area contributed by atoms with Crippen molar-refractivity contribution in [2.75, 3.05) is 16.4 Å². The quantitative estimate of drug-likeness (QED) is 0.716. The number of halogens is 3. The zero-order valence-electron chi connectivity index (χ0n) is 12.3. The Balaban J connectivity index is 1.88. The molecule has 3 rings (SSSR count). The lowest BCUT2D eigenvalue weighted by atomic mass is 10.2. The summed E-state index contributed by atoms with van der Waals surface area (Å²) in [6, 6.07) is 4.50. The van der Waals surface area contributed by atoms with Gasteiger partial charge in [0.25, 0.3) is 0 Å². The van der Waals surface area contributed by atoms with Gasteiger partial charge in [-0.15, -0.1) is 4.91 Å². The smallest absolute Gasteiger partial charge is 0.368 e. The van der Waals surface area contributed by atoms with Gasteiger partial charge in [-0.2, -0.15) is 23.1 Å². The van der Waals surface area contributed by atoms with Gasteiger partial charge in [-0.3, -0.25) is 0 Å². The lowest BCUT2D eigenvalue weighted by Gasteiger charge is -2.12. The number of nitrogens with two attached hydrogens (primary N) is 1. The van der Waals surface area contributed by atoms with E-state index in [0.29, 0.717) is 5.69 Å². The number of nitrogen functional groups attached to an aromatic ring is 1. The van der Waals surface area contributed by atoms with E-state index in [1.165, 1.54) is 12.1 Å². The molecule has 7 nitrogen and oxygen atoms in total. The zero-order valence-corrected chi connectivity index (χ0v) is 12.3. The summed E-state index contributed by atoms with van der Waals surface area (Å²) in [6.45, 7) is 0. The van der Waals surface area contributed by atoms with E-state index in [1.54, 1.807) is 0 Å². The predicted molar refractivity (Wildman–Crippen MR) is 83.3 cm³/mol. The van der Waals surface area contributed by atoms with Gasteiger partial charge in [0, 0.05) is 11.7 Å². The maximum Gasteiger partial charge on any atom is 0.416 e. The molecule has 0 amide bonds. The Kier molecular flexibility index (Phi) is 3.96. The van der Waals surface area contributed by atoms with Gasteiger partial charge < -0.3 is 16.4 Å². The van der Waals surface area contributed by atoms with E-state index in [-0.39, 0.29) is 29.3 Å². The van der Waals surface area contributed by atoms with Crippen LogP contribution in [0.5, 0.6) is 0 Å². The number of anilines is 4. The Bertz CT molecular complexity index is 758. The first-order valence-electron chi connectivity index (χ1n) is 7.08. The number of aromatic nitrogens is 2. The molecule has 0 spiro atoms. The third-order valence-corrected chi connectivity index (χ3v) is 3.39. The fraction of sp³-hybridized carbons (Fsp3) is 0.286. The van der Waals surface area contributed by atoms with E-state index in [1.807, 2.05) is 0 Å². The van der Waals surface area contributed by atoms with Crippen LogP contribution in [0.25, 0.3) is 0 Å². The second-order valence-corrected chi connectivity index (χ2v) is 5.34. The van der Waals surface area contributed by atoms with Crippen molar-refractivity contribution in [1.29, 1.82) is 0 Å². The number of hydrogen-bond donors (Lipinski definition) is 3. The van der Waals surface area contributed by atoms with Gasteiger partial charge in [-0.25, -0.2) is 0 Å². The van der Waals surface area contributed by atoms with E-state index in [0.717, 1.165) is 25.0 Å². The maximum atomic E-state index is 12.6. The summed E-state index contributed by atoms with van der Waals surface area (Å²) in [5, 5.41) is 8.67. The van der Waals surface area contributed by atoms with Crippen LogP contribution in [0.15, 0.2) is 29.4 Å². The Morgan fingerprint density at radius 2 is 1.75 bits per heavy atom. The largest absolute Gasteiger partial charge is 0.416 e. The van der Waals surface area contributed by atoms with Gasteiger partial charge in [0.2, 0.25) is 5.95 Å². The number of hydrogen-bond acceptors (Lipinski definition) is 7. The van der Waals surface area contributed by atoms with Crippen molar-refractivity contribution in [2.24, 2.45) is 5.18 Å². The fourth-order valence-electron chi connectivity index (χ4n) is 2.05. The van der Waals surface area contributed by atoms with Crippen LogP contribution in [0.1, 0.15) is 18.4 Å². The lowest BCUT2D eigenvalue weighted by Crippen LogP contribution is -2.08. The summed E-state index contributed by atoms with van der Waals surface area (Å²) in [5.74, 6) is 0.148. The molecule has 1 saturated carbocycles. The minimum absolute atomic E-state index is 0.0282. The number of nitrogens with one attached hydrogen (secondary N) is 2. The third-order valence-electron chi connectivity index (χ3n) is 3.39. The van der Waals surface area contributed by atoms with Crippen LogP contribution in [0.4, 0.5) is 42.1 Å². The minimum atomic E-state index is -4.42. The Labute approximate surface area is 134 Å². The average Bonchev–Trinajstić information content (AvgIpc) is 3.31. The van der Waals surface area contributed by atoms with Gasteiger partial charge in [-0.1, -0.05) is 0 Å². The van der Waals surface area contributed by atoms with E-state index < -0.39 is 11.7 Å². The van der Waals surface area contributed by atoms with Crippen LogP contribution in [0.3, 0.4) is 0 Å². The number of nitrogens with zero attached hydrogens (tertiary/aromatic N) is 3. The summed E-state index contributed by atoms with van der Waals surface area (Å²) in [6.07, 6.45) is -2.53. The number of alkyl halides is 3. The van der Waals surface area contributed by atoms with E-state index in [9.17, 15) is 18.1 Å². The molecule has 1 aliphatic rings. The van der Waals surface area contributed by atoms with Crippen molar-refractivity contribution in [1.82, 2.24) is 9.97 Å². The molecule has 1 fully saturated rings. The van der Waals surface area contributed by atoms with Crippen molar-refractivity contribution in [3.63, 3.8) is 0 Å². The third kappa shape index (κ3) is 3.53. The molecule has 0 aliphatic heterocycles. The van der Waals surface area contributed by atoms with E-state index in [2.05, 4.69) is 25.8 Å². The van der Waals surface area contributed by atoms with Gasteiger partial charge >= 0.3 is 6.18 Å². The molecule has 0 saturated heterocycles. The van der Waals surface area contributed by atoms with Gasteiger partial charge in [-0.05, 0) is 42.3 Å². The molecule has 126 valence electrons. The van der Waals surface area contributed by atoms with E-state index >= 15 is 0 Å². The molecule has 1 aliphatic carbocycles. The molecule has 0 bridgehead atoms. The predicted octanol–water partition coefficient (Wildman–Crippen LogP) is 3.79. The van der Waals surface area contributed by atoms with E-state index in [4.69, 9.17) is 5.73 Å². The standard InChI is InChI=1S/C14H13F3N6O/c15-14(16,17)7-1-3-8(4-2-7)19-11-10(23-24)12(20-9-5-6-9)22-13(18)21-11/h1-4,9H,5-6H2,(H4,18,19,20,21,22). The molecule has 0 unspecified atom stereocenters. The number of benzene rings is 1. The molecular weight excluding hydrogens is 325 g/mol. The first kappa shape index (κ1) is 16.0. The monoisotopic (exact) mass is 338 g/mol. The average molecular weight is 338 g/mol. The second kappa shape index (κ2) is 5.95. The highest BCUT2D eigenvalue weighted by Crippen LogP contribution is 2.36. The number of nitroso groups, excluding NO2 is 1. The van der Waals surface area contributed by atoms with Gasteiger partial charge in [0.15, 0.2) is 17.3 Å². The minimum Gasteiger partial charge on any atom is -0.368 e. The van der Waals surface area contributed by atoms with Crippen LogP contribution in [-0.4, -0.2) is 16.0 Å². The summed E-state index contributed by atoms with van der Waals surface area (Å²) in [5.41, 5.74) is 5.08. The van der Waals surface area contributed by atoms with Crippen molar-refractivity contribution in [2.45, 2.75) is 25.1 Å². The van der Waals surface area contributed by atoms with Crippen LogP contribution < -0.4 is 16.4 Å². The van der Waals surface area contributed by atoms with Gasteiger partial charge in [0.05, 0.1) is 5.56 Å². The normalized spacial score (nSPS) is 14.3. The van der Waals surface area contributed by atoms with Crippen molar-refractivity contribution in [3.8, 4) is 0 Å². The first-order valence-corrected chi connectivity index (χ1v) is 7.08. The molecular formula is C14H13F3N6O. The summed E-state index contributed by atoms with van der Waals surface area (Å²) >= 11 is 0. The summed E-state index contributed by atoms with van der Waals surface area (Å²) in [4.78, 5) is 19.0. The highest BCUT2D eigenvalue weighted by Gasteiger charge is 2.30. The van der Waals surface area contributed by atoms with Crippen LogP contribution in [0, 0.1) is 4.91 Å². The van der Waals surface area contributed by atoms with Crippen LogP contribution in [0.2, 0.25) is 0 Å². The maximum absolute atomic E-state index is 12.6. The van der Waals surface area contributed by atoms with Crippen molar-refractivity contribution >= 4 is 29.0 Å². The molecule has 1 aromatic heterocycles. The molecule has 2 aromatic rings. The fourth-order valence-corrected chi connectivity index (χ4v) is 2.05. The highest BCUT2D eigenvalue weighted by molar-refractivity contribution is 5.78. The Morgan fingerprint density at radius 3 is 2.29 bits per heavy atom. The van der Waals surface area contributed by atoms with Gasteiger partial charge in [0.1, 0.15) is 0 Å². The Morgan fingerprint density at radius 1 is 1.12 bits per heavy atom. The van der Waals surface area contributed by atoms with Crippen LogP contribution in [-0.2, 0) is 6.18 Å². The summed E-state index contributed by atoms with van der Waals surface area (Å²) in [7, 11) is 0. The summed E-state index contributed by atoms with van der Waals surface area (Å²) < 4.78 is 37.7. The Hall–Kier alpha value is -2.91. The SMILES string of the molecule is Nc1nc(Nc2ccc(C(F)(F)F)cc2)c(N=O)c(NC2CC2)n1. The second-order valence-electron chi connectivity index (χ2n) is 5.34. The van der Waals surface area contributed by atoms with Crippen molar-refractivity contribution in [3.05, 3.63) is 34.7 Å². The molecule has 4 N–H and O–H groups in total. The first-order chi connectivity index (χ1) is 11.4. The zero-order chi connectivity index (χ0) is 17.3. The topological polar surface area (TPSA) is 105 Å². The molecule has 1 aromatic carbocycles. The lowest BCUT2D eigenvalue weighted by molar-refractivity contribution is -0.137. The molecule has 24 heavy (non-hydrogen) atoms.